The normalized spacial score (nSPS) is 20.2. The number of ether oxygens (including phenoxy) is 4. The predicted octanol–water partition coefficient (Wildman–Crippen LogP) is 5.40. The number of aliphatic hydroxyl groups is 1. The lowest BCUT2D eigenvalue weighted by atomic mass is 9.92. The highest BCUT2D eigenvalue weighted by Gasteiger charge is 2.33. The monoisotopic (exact) mass is 598 g/mol. The molecule has 8 nitrogen and oxygen atoms in total. The van der Waals surface area contributed by atoms with Gasteiger partial charge in [0.25, 0.3) is 5.91 Å². The first-order chi connectivity index (χ1) is 21.1. The Bertz CT molecular complexity index is 1630. The second-order valence-corrected chi connectivity index (χ2v) is 12.1. The van der Waals surface area contributed by atoms with Crippen molar-refractivity contribution in [2.24, 2.45) is 0 Å². The van der Waals surface area contributed by atoms with Crippen LogP contribution in [0.4, 0.5) is 0 Å². The van der Waals surface area contributed by atoms with E-state index < -0.39 is 6.29 Å². The molecule has 0 saturated carbocycles. The van der Waals surface area contributed by atoms with Gasteiger partial charge in [-0.2, -0.15) is 0 Å². The first-order valence-corrected chi connectivity index (χ1v) is 15.6. The summed E-state index contributed by atoms with van der Waals surface area (Å²) in [6.07, 6.45) is 2.05. The number of aliphatic hydroxyl groups excluding tert-OH is 1. The Morgan fingerprint density at radius 1 is 0.930 bits per heavy atom. The van der Waals surface area contributed by atoms with E-state index in [2.05, 4.69) is 40.6 Å². The molecule has 7 rings (SSSR count). The van der Waals surface area contributed by atoms with Gasteiger partial charge in [0, 0.05) is 49.8 Å². The number of amides is 1. The molecule has 0 radical (unpaired) electrons. The van der Waals surface area contributed by atoms with Gasteiger partial charge in [-0.1, -0.05) is 48.5 Å². The van der Waals surface area contributed by atoms with Crippen LogP contribution in [0.25, 0.3) is 10.1 Å². The highest BCUT2D eigenvalue weighted by molar-refractivity contribution is 7.17. The Morgan fingerprint density at radius 2 is 1.70 bits per heavy atom. The standard InChI is InChI=1S/C34H34N2O6S/c37-19-23-5-7-24(8-6-23)20-39-33-17-26(28-21-43-32-4-2-1-3-27(28)32)16-31(42-33)34(38)36-13-11-35(12-14-36)18-25-9-10-29-30(15-25)41-22-40-29/h1-10,15-16,21,26,33,37H,11-14,17-20,22H2/t26-,33+/m0/s1. The molecule has 0 spiro atoms. The summed E-state index contributed by atoms with van der Waals surface area (Å²) in [6, 6.07) is 22.1. The molecule has 0 unspecified atom stereocenters. The van der Waals surface area contributed by atoms with Crippen molar-refractivity contribution in [2.45, 2.75) is 38.4 Å². The molecule has 1 fully saturated rings. The maximum absolute atomic E-state index is 13.8. The molecule has 0 aliphatic carbocycles. The summed E-state index contributed by atoms with van der Waals surface area (Å²) in [5.74, 6) is 1.84. The van der Waals surface area contributed by atoms with Crippen molar-refractivity contribution in [3.05, 3.63) is 106 Å². The molecule has 3 aliphatic rings. The minimum Gasteiger partial charge on any atom is -0.459 e. The molecule has 2 atom stereocenters. The molecule has 4 aromatic rings. The molecule has 0 bridgehead atoms. The first-order valence-electron chi connectivity index (χ1n) is 14.7. The Hall–Kier alpha value is -3.89. The van der Waals surface area contributed by atoms with Crippen LogP contribution in [-0.2, 0) is 34.0 Å². The van der Waals surface area contributed by atoms with E-state index >= 15 is 0 Å². The van der Waals surface area contributed by atoms with Gasteiger partial charge in [-0.05, 0) is 57.3 Å². The van der Waals surface area contributed by atoms with E-state index in [1.165, 1.54) is 21.2 Å². The third-order valence-corrected chi connectivity index (χ3v) is 9.30. The van der Waals surface area contributed by atoms with Crippen LogP contribution >= 0.6 is 11.3 Å². The first kappa shape index (κ1) is 27.9. The van der Waals surface area contributed by atoms with Crippen LogP contribution in [0.1, 0.15) is 34.6 Å². The van der Waals surface area contributed by atoms with Crippen LogP contribution in [0.3, 0.4) is 0 Å². The number of rotatable bonds is 8. The van der Waals surface area contributed by atoms with Crippen molar-refractivity contribution < 1.29 is 28.8 Å². The molecule has 3 aromatic carbocycles. The average molecular weight is 599 g/mol. The van der Waals surface area contributed by atoms with Crippen LogP contribution in [0, 0.1) is 0 Å². The lowest BCUT2D eigenvalue weighted by Crippen LogP contribution is -2.49. The summed E-state index contributed by atoms with van der Waals surface area (Å²) in [6.45, 7) is 4.22. The van der Waals surface area contributed by atoms with E-state index in [-0.39, 0.29) is 25.2 Å². The van der Waals surface area contributed by atoms with Gasteiger partial charge >= 0.3 is 0 Å². The number of hydrogen-bond donors (Lipinski definition) is 1. The fourth-order valence-electron chi connectivity index (χ4n) is 5.91. The minimum atomic E-state index is -0.558. The average Bonchev–Trinajstić information content (AvgIpc) is 3.71. The molecule has 1 saturated heterocycles. The maximum atomic E-state index is 13.8. The lowest BCUT2D eigenvalue weighted by molar-refractivity contribution is -0.157. The molecule has 3 aliphatic heterocycles. The molecule has 1 amide bonds. The van der Waals surface area contributed by atoms with Gasteiger partial charge in [-0.25, -0.2) is 0 Å². The zero-order valence-corrected chi connectivity index (χ0v) is 24.6. The Kier molecular flexibility index (Phi) is 8.04. The van der Waals surface area contributed by atoms with E-state index in [0.717, 1.165) is 42.3 Å². The molecular formula is C34H34N2O6S. The highest BCUT2D eigenvalue weighted by Crippen LogP contribution is 2.39. The summed E-state index contributed by atoms with van der Waals surface area (Å²) in [4.78, 5) is 18.1. The Balaban J connectivity index is 1.04. The van der Waals surface area contributed by atoms with Crippen LogP contribution in [0.5, 0.6) is 11.5 Å². The second kappa shape index (κ2) is 12.4. The van der Waals surface area contributed by atoms with Crippen LogP contribution in [0.2, 0.25) is 0 Å². The number of carbonyl (C=O) groups excluding carboxylic acids is 1. The fourth-order valence-corrected chi connectivity index (χ4v) is 6.93. The lowest BCUT2D eigenvalue weighted by Gasteiger charge is -2.36. The van der Waals surface area contributed by atoms with Gasteiger partial charge in [0.15, 0.2) is 17.3 Å². The number of carbonyl (C=O) groups is 1. The van der Waals surface area contributed by atoms with Crippen LogP contribution in [-0.4, -0.2) is 60.1 Å². The van der Waals surface area contributed by atoms with E-state index in [0.29, 0.717) is 31.9 Å². The largest absolute Gasteiger partial charge is 0.459 e. The summed E-state index contributed by atoms with van der Waals surface area (Å²) in [7, 11) is 0. The van der Waals surface area contributed by atoms with Gasteiger partial charge < -0.3 is 29.0 Å². The zero-order valence-electron chi connectivity index (χ0n) is 23.8. The number of thiophene rings is 1. The Morgan fingerprint density at radius 3 is 2.53 bits per heavy atom. The van der Waals surface area contributed by atoms with Gasteiger partial charge in [0.1, 0.15) is 0 Å². The van der Waals surface area contributed by atoms with E-state index in [9.17, 15) is 9.90 Å². The summed E-state index contributed by atoms with van der Waals surface area (Å²) in [5.41, 5.74) is 4.20. The van der Waals surface area contributed by atoms with E-state index in [1.54, 1.807) is 11.3 Å². The number of allylic oxidation sites excluding steroid dienone is 1. The van der Waals surface area contributed by atoms with Crippen LogP contribution in [0.15, 0.2) is 83.9 Å². The summed E-state index contributed by atoms with van der Waals surface area (Å²) in [5, 5.41) is 12.8. The molecule has 43 heavy (non-hydrogen) atoms. The topological polar surface area (TPSA) is 80.7 Å². The van der Waals surface area contributed by atoms with Gasteiger partial charge in [-0.15, -0.1) is 11.3 Å². The number of nitrogens with zero attached hydrogens (tertiary/aromatic N) is 2. The summed E-state index contributed by atoms with van der Waals surface area (Å²) < 4.78 is 24.7. The smallest absolute Gasteiger partial charge is 0.288 e. The van der Waals surface area contributed by atoms with E-state index in [4.69, 9.17) is 18.9 Å². The molecule has 1 N–H and O–H groups in total. The highest BCUT2D eigenvalue weighted by atomic mass is 32.1. The molecule has 4 heterocycles. The van der Waals surface area contributed by atoms with Crippen molar-refractivity contribution in [3.8, 4) is 11.5 Å². The van der Waals surface area contributed by atoms with Crippen molar-refractivity contribution in [1.82, 2.24) is 9.80 Å². The van der Waals surface area contributed by atoms with Gasteiger partial charge in [-0.3, -0.25) is 9.69 Å². The zero-order chi connectivity index (χ0) is 29.2. The van der Waals surface area contributed by atoms with Gasteiger partial charge in [0.05, 0.1) is 13.2 Å². The van der Waals surface area contributed by atoms with Gasteiger partial charge in [0.2, 0.25) is 13.1 Å². The quantitative estimate of drug-likeness (QED) is 0.291. The molecule has 1 aromatic heterocycles. The third-order valence-electron chi connectivity index (χ3n) is 8.32. The molecular weight excluding hydrogens is 564 g/mol. The molecule has 222 valence electrons. The fraction of sp³-hybridized carbons (Fsp3) is 0.324. The van der Waals surface area contributed by atoms with Crippen molar-refractivity contribution in [3.63, 3.8) is 0 Å². The van der Waals surface area contributed by atoms with Crippen LogP contribution < -0.4 is 9.47 Å². The van der Waals surface area contributed by atoms with Crippen molar-refractivity contribution in [1.29, 1.82) is 0 Å². The summed E-state index contributed by atoms with van der Waals surface area (Å²) >= 11 is 1.72. The van der Waals surface area contributed by atoms with E-state index in [1.807, 2.05) is 47.4 Å². The third kappa shape index (κ3) is 6.12. The number of benzene rings is 3. The Labute approximate surface area is 254 Å². The number of piperazine rings is 1. The minimum absolute atomic E-state index is 0.00193. The van der Waals surface area contributed by atoms with Crippen molar-refractivity contribution >= 4 is 27.3 Å². The second-order valence-electron chi connectivity index (χ2n) is 11.1. The number of fused-ring (bicyclic) bond motifs is 2. The number of hydrogen-bond acceptors (Lipinski definition) is 8. The SMILES string of the molecule is O=C(C1=C[C@H](c2csc3ccccc23)C[C@H](OCc2ccc(CO)cc2)O1)N1CCN(Cc2ccc3c(c2)OCO3)CC1. The predicted molar refractivity (Wildman–Crippen MR) is 164 cm³/mol. The maximum Gasteiger partial charge on any atom is 0.288 e. The molecule has 9 heteroatoms. The van der Waals surface area contributed by atoms with Crippen molar-refractivity contribution in [2.75, 3.05) is 33.0 Å².